The molecule has 0 aliphatic heterocycles. The Bertz CT molecular complexity index is 513. The molecule has 1 amide bonds. The number of benzene rings is 1. The summed E-state index contributed by atoms with van der Waals surface area (Å²) < 4.78 is 26.1. The predicted octanol–water partition coefficient (Wildman–Crippen LogP) is -0.223. The summed E-state index contributed by atoms with van der Waals surface area (Å²) in [6, 6.07) is 5.98. The monoisotopic (exact) mass is 286 g/mol. The molecule has 106 valence electrons. The fourth-order valence-electron chi connectivity index (χ4n) is 1.40. The number of nitrogens with one attached hydrogen (secondary N) is 3. The Labute approximate surface area is 112 Å². The summed E-state index contributed by atoms with van der Waals surface area (Å²) in [5, 5.41) is 2.59. The van der Waals surface area contributed by atoms with Crippen LogP contribution in [-0.4, -0.2) is 27.4 Å². The van der Waals surface area contributed by atoms with E-state index in [0.29, 0.717) is 12.2 Å². The van der Waals surface area contributed by atoms with Gasteiger partial charge in [-0.2, -0.15) is 0 Å². The number of nitrogens with two attached hydrogens (primary N) is 1. The van der Waals surface area contributed by atoms with Crippen molar-refractivity contribution in [2.24, 2.45) is 5.84 Å². The first-order valence-corrected chi connectivity index (χ1v) is 7.31. The van der Waals surface area contributed by atoms with Crippen LogP contribution in [0.25, 0.3) is 0 Å². The topological polar surface area (TPSA) is 113 Å². The molecule has 1 rings (SSSR count). The van der Waals surface area contributed by atoms with Gasteiger partial charge in [0, 0.05) is 25.2 Å². The lowest BCUT2D eigenvalue weighted by atomic mass is 10.3. The molecule has 0 saturated heterocycles. The van der Waals surface area contributed by atoms with E-state index in [4.69, 9.17) is 5.84 Å². The number of hydrazine groups is 1. The summed E-state index contributed by atoms with van der Waals surface area (Å²) in [6.45, 7) is 2.39. The quantitative estimate of drug-likeness (QED) is 0.409. The van der Waals surface area contributed by atoms with Gasteiger partial charge >= 0.3 is 0 Å². The molecule has 0 bridgehead atoms. The van der Waals surface area contributed by atoms with Gasteiger partial charge in [-0.15, -0.1) is 0 Å². The zero-order valence-electron chi connectivity index (χ0n) is 10.6. The third-order valence-electron chi connectivity index (χ3n) is 2.35. The van der Waals surface area contributed by atoms with Gasteiger partial charge < -0.3 is 10.7 Å². The lowest BCUT2D eigenvalue weighted by Crippen LogP contribution is -2.30. The second-order valence-corrected chi connectivity index (χ2v) is 5.54. The first-order valence-electron chi connectivity index (χ1n) is 5.82. The van der Waals surface area contributed by atoms with Crippen molar-refractivity contribution in [3.8, 4) is 0 Å². The molecule has 0 atom stereocenters. The van der Waals surface area contributed by atoms with Gasteiger partial charge in [0.25, 0.3) is 0 Å². The van der Waals surface area contributed by atoms with Crippen LogP contribution in [0.4, 0.5) is 5.69 Å². The van der Waals surface area contributed by atoms with E-state index in [9.17, 15) is 13.2 Å². The van der Waals surface area contributed by atoms with Gasteiger partial charge in [0.15, 0.2) is 0 Å². The fraction of sp³-hybridized carbons (Fsp3) is 0.364. The maximum atomic E-state index is 11.9. The smallest absolute Gasteiger partial charge is 0.240 e. The molecular formula is C11H18N4O3S. The zero-order chi connectivity index (χ0) is 14.3. The van der Waals surface area contributed by atoms with Gasteiger partial charge in [-0.25, -0.2) is 13.1 Å². The highest BCUT2D eigenvalue weighted by Gasteiger charge is 2.13. The van der Waals surface area contributed by atoms with Crippen molar-refractivity contribution in [1.82, 2.24) is 10.0 Å². The molecule has 0 aliphatic rings. The maximum absolute atomic E-state index is 11.9. The van der Waals surface area contributed by atoms with Gasteiger partial charge in [0.2, 0.25) is 15.9 Å². The number of carbonyl (C=O) groups is 1. The molecule has 0 saturated carbocycles. The molecule has 1 aromatic carbocycles. The molecule has 0 unspecified atom stereocenters. The number of hydrogen-bond donors (Lipinski definition) is 4. The van der Waals surface area contributed by atoms with E-state index in [1.165, 1.54) is 12.1 Å². The molecular weight excluding hydrogens is 268 g/mol. The number of amides is 1. The lowest BCUT2D eigenvalue weighted by molar-refractivity contribution is -0.120. The molecule has 0 radical (unpaired) electrons. The number of carbonyl (C=O) groups excluding carboxylic acids is 1. The van der Waals surface area contributed by atoms with Crippen LogP contribution in [0, 0.1) is 0 Å². The average Bonchev–Trinajstić information content (AvgIpc) is 2.39. The number of nitrogen functional groups attached to an aromatic ring is 1. The summed E-state index contributed by atoms with van der Waals surface area (Å²) in [5.41, 5.74) is 3.02. The van der Waals surface area contributed by atoms with Crippen molar-refractivity contribution in [2.75, 3.05) is 18.5 Å². The Balaban J connectivity index is 2.57. The molecule has 8 heteroatoms. The van der Waals surface area contributed by atoms with E-state index in [1.807, 2.05) is 0 Å². The highest BCUT2D eigenvalue weighted by atomic mass is 32.2. The van der Waals surface area contributed by atoms with Crippen LogP contribution < -0.4 is 21.3 Å². The molecule has 19 heavy (non-hydrogen) atoms. The summed E-state index contributed by atoms with van der Waals surface area (Å²) in [6.07, 6.45) is 0.107. The Morgan fingerprint density at radius 2 is 1.89 bits per heavy atom. The minimum atomic E-state index is -3.59. The number of anilines is 1. The highest BCUT2D eigenvalue weighted by molar-refractivity contribution is 7.89. The number of sulfonamides is 1. The standard InChI is InChI=1S/C11H18N4O3S/c1-2-13-11(16)7-8-14-19(17,18)10-5-3-9(15-12)4-6-10/h3-6,14-15H,2,7-8,12H2,1H3,(H,13,16). The number of hydrogen-bond acceptors (Lipinski definition) is 5. The van der Waals surface area contributed by atoms with E-state index in [2.05, 4.69) is 15.5 Å². The van der Waals surface area contributed by atoms with E-state index < -0.39 is 10.0 Å². The van der Waals surface area contributed by atoms with Gasteiger partial charge in [0.1, 0.15) is 0 Å². The molecule has 0 heterocycles. The van der Waals surface area contributed by atoms with Crippen LogP contribution in [0.1, 0.15) is 13.3 Å². The van der Waals surface area contributed by atoms with Gasteiger partial charge in [-0.1, -0.05) is 0 Å². The van der Waals surface area contributed by atoms with E-state index in [1.54, 1.807) is 19.1 Å². The molecule has 0 aromatic heterocycles. The first-order chi connectivity index (χ1) is 8.99. The molecule has 0 aliphatic carbocycles. The molecule has 0 spiro atoms. The molecule has 7 nitrogen and oxygen atoms in total. The Morgan fingerprint density at radius 1 is 1.26 bits per heavy atom. The van der Waals surface area contributed by atoms with E-state index in [0.717, 1.165) is 0 Å². The van der Waals surface area contributed by atoms with Crippen molar-refractivity contribution in [2.45, 2.75) is 18.2 Å². The Morgan fingerprint density at radius 3 is 2.42 bits per heavy atom. The zero-order valence-corrected chi connectivity index (χ0v) is 11.5. The number of rotatable bonds is 7. The van der Waals surface area contributed by atoms with Gasteiger partial charge in [-0.05, 0) is 31.2 Å². The molecule has 5 N–H and O–H groups in total. The summed E-state index contributed by atoms with van der Waals surface area (Å²) in [7, 11) is -3.59. The summed E-state index contributed by atoms with van der Waals surface area (Å²) in [5.74, 6) is 5.00. The molecule has 1 aromatic rings. The van der Waals surface area contributed by atoms with Crippen molar-refractivity contribution in [3.05, 3.63) is 24.3 Å². The third-order valence-corrected chi connectivity index (χ3v) is 3.83. The first kappa shape index (κ1) is 15.4. The van der Waals surface area contributed by atoms with Crippen LogP contribution in [0.15, 0.2) is 29.2 Å². The second-order valence-electron chi connectivity index (χ2n) is 3.77. The average molecular weight is 286 g/mol. The predicted molar refractivity (Wildman–Crippen MR) is 72.7 cm³/mol. The minimum absolute atomic E-state index is 0.0606. The van der Waals surface area contributed by atoms with Crippen LogP contribution >= 0.6 is 0 Å². The Kier molecular flexibility index (Phi) is 5.74. The molecule has 0 fully saturated rings. The summed E-state index contributed by atoms with van der Waals surface area (Å²) in [4.78, 5) is 11.3. The Hall–Kier alpha value is -1.64. The van der Waals surface area contributed by atoms with Gasteiger partial charge in [0.05, 0.1) is 4.90 Å². The second kappa shape index (κ2) is 7.07. The lowest BCUT2D eigenvalue weighted by Gasteiger charge is -2.07. The van der Waals surface area contributed by atoms with Crippen LogP contribution in [0.3, 0.4) is 0 Å². The van der Waals surface area contributed by atoms with Crippen LogP contribution in [0.2, 0.25) is 0 Å². The largest absolute Gasteiger partial charge is 0.356 e. The minimum Gasteiger partial charge on any atom is -0.356 e. The van der Waals surface area contributed by atoms with Crippen LogP contribution in [0.5, 0.6) is 0 Å². The summed E-state index contributed by atoms with van der Waals surface area (Å²) >= 11 is 0. The van der Waals surface area contributed by atoms with Gasteiger partial charge in [-0.3, -0.25) is 10.6 Å². The van der Waals surface area contributed by atoms with Crippen molar-refractivity contribution < 1.29 is 13.2 Å². The van der Waals surface area contributed by atoms with Crippen molar-refractivity contribution >= 4 is 21.6 Å². The normalized spacial score (nSPS) is 11.1. The highest BCUT2D eigenvalue weighted by Crippen LogP contribution is 2.12. The van der Waals surface area contributed by atoms with Crippen molar-refractivity contribution in [3.63, 3.8) is 0 Å². The third kappa shape index (κ3) is 4.86. The maximum Gasteiger partial charge on any atom is 0.240 e. The van der Waals surface area contributed by atoms with Crippen LogP contribution in [-0.2, 0) is 14.8 Å². The SMILES string of the molecule is CCNC(=O)CCNS(=O)(=O)c1ccc(NN)cc1. The van der Waals surface area contributed by atoms with Crippen molar-refractivity contribution in [1.29, 1.82) is 0 Å². The van der Waals surface area contributed by atoms with E-state index in [-0.39, 0.29) is 23.8 Å². The fourth-order valence-corrected chi connectivity index (χ4v) is 2.43. The van der Waals surface area contributed by atoms with E-state index >= 15 is 0 Å².